The number of thiazole rings is 1. The molecule has 0 unspecified atom stereocenters. The van der Waals surface area contributed by atoms with E-state index in [0.29, 0.717) is 23.8 Å². The number of pyridine rings is 1. The van der Waals surface area contributed by atoms with Gasteiger partial charge in [-0.2, -0.15) is 0 Å². The molecule has 2 heterocycles. The number of hydrogen-bond donors (Lipinski definition) is 0. The van der Waals surface area contributed by atoms with Gasteiger partial charge in [-0.3, -0.25) is 9.69 Å². The molecular weight excluding hydrogens is 492 g/mol. The fourth-order valence-electron chi connectivity index (χ4n) is 4.62. The van der Waals surface area contributed by atoms with E-state index in [9.17, 15) is 4.79 Å². The number of carbonyl (C=O) groups excluding carboxylic acids is 1. The van der Waals surface area contributed by atoms with Crippen molar-refractivity contribution in [3.63, 3.8) is 0 Å². The molecule has 0 saturated carbocycles. The summed E-state index contributed by atoms with van der Waals surface area (Å²) in [4.78, 5) is 28.4. The zero-order chi connectivity index (χ0) is 26.5. The zero-order valence-corrected chi connectivity index (χ0v) is 22.9. The Balaban J connectivity index is 1.63. The number of fused-ring (bicyclic) bond motifs is 2. The van der Waals surface area contributed by atoms with Crippen molar-refractivity contribution in [1.82, 2.24) is 14.9 Å². The maximum atomic E-state index is 14.4. The van der Waals surface area contributed by atoms with Crippen LogP contribution in [-0.2, 0) is 0 Å². The molecule has 1 amide bonds. The number of ether oxygens (including phenoxy) is 1. The molecule has 0 fully saturated rings. The van der Waals surface area contributed by atoms with Crippen molar-refractivity contribution in [3.05, 3.63) is 84.4 Å². The number of aromatic nitrogens is 2. The fraction of sp³-hybridized carbons (Fsp3) is 0.258. The Hall–Kier alpha value is -3.81. The number of likely N-dealkylation sites (N-methyl/N-ethyl adjacent to an activating group) is 1. The van der Waals surface area contributed by atoms with E-state index < -0.39 is 0 Å². The van der Waals surface area contributed by atoms with E-state index in [1.807, 2.05) is 90.7 Å². The predicted octanol–water partition coefficient (Wildman–Crippen LogP) is 6.90. The average Bonchev–Trinajstić information content (AvgIpc) is 3.40. The largest absolute Gasteiger partial charge is 0.492 e. The minimum Gasteiger partial charge on any atom is -0.492 e. The first-order valence-electron chi connectivity index (χ1n) is 13.1. The molecule has 194 valence electrons. The highest BCUT2D eigenvalue weighted by atomic mass is 32.1. The van der Waals surface area contributed by atoms with Crippen molar-refractivity contribution < 1.29 is 9.53 Å². The highest BCUT2D eigenvalue weighted by Crippen LogP contribution is 2.35. The van der Waals surface area contributed by atoms with Crippen LogP contribution >= 0.6 is 11.3 Å². The molecule has 0 aliphatic heterocycles. The first-order valence-corrected chi connectivity index (χ1v) is 14.0. The van der Waals surface area contributed by atoms with Crippen molar-refractivity contribution in [2.75, 3.05) is 37.7 Å². The van der Waals surface area contributed by atoms with Crippen LogP contribution in [-0.4, -0.2) is 53.6 Å². The first-order chi connectivity index (χ1) is 18.6. The lowest BCUT2D eigenvalue weighted by atomic mass is 10.0. The Morgan fingerprint density at radius 2 is 1.63 bits per heavy atom. The number of amides is 1. The van der Waals surface area contributed by atoms with Crippen LogP contribution in [0.3, 0.4) is 0 Å². The normalized spacial score (nSPS) is 11.4. The van der Waals surface area contributed by atoms with Crippen LogP contribution in [0.4, 0.5) is 5.13 Å². The van der Waals surface area contributed by atoms with Crippen molar-refractivity contribution in [3.8, 4) is 17.0 Å². The van der Waals surface area contributed by atoms with E-state index >= 15 is 0 Å². The van der Waals surface area contributed by atoms with Crippen LogP contribution in [0.1, 0.15) is 31.1 Å². The molecule has 3 aromatic carbocycles. The van der Waals surface area contributed by atoms with E-state index in [1.54, 1.807) is 0 Å². The first kappa shape index (κ1) is 25.8. The number of benzene rings is 3. The van der Waals surface area contributed by atoms with Crippen LogP contribution in [0.2, 0.25) is 0 Å². The van der Waals surface area contributed by atoms with Gasteiger partial charge in [0.1, 0.15) is 11.3 Å². The highest BCUT2D eigenvalue weighted by molar-refractivity contribution is 7.22. The van der Waals surface area contributed by atoms with Gasteiger partial charge in [-0.25, -0.2) is 9.97 Å². The lowest BCUT2D eigenvalue weighted by Gasteiger charge is -2.25. The molecule has 0 saturated heterocycles. The summed E-state index contributed by atoms with van der Waals surface area (Å²) in [5.74, 6) is 0.661. The van der Waals surface area contributed by atoms with Gasteiger partial charge < -0.3 is 9.64 Å². The second kappa shape index (κ2) is 11.7. The van der Waals surface area contributed by atoms with Crippen LogP contribution in [0.25, 0.3) is 32.4 Å². The number of nitrogens with zero attached hydrogens (tertiary/aromatic N) is 4. The van der Waals surface area contributed by atoms with E-state index in [-0.39, 0.29) is 5.91 Å². The minimum absolute atomic E-state index is 0.0787. The number of para-hydroxylation sites is 2. The molecule has 0 bridgehead atoms. The van der Waals surface area contributed by atoms with Crippen molar-refractivity contribution >= 4 is 43.5 Å². The summed E-state index contributed by atoms with van der Waals surface area (Å²) in [5.41, 5.74) is 3.96. The molecule has 6 nitrogen and oxygen atoms in total. The summed E-state index contributed by atoms with van der Waals surface area (Å²) >= 11 is 1.52. The SMILES string of the molecule is CCOc1cccc2sc(N(CCN(CC)CC)C(=O)c3cc(-c4ccccc4)nc4ccccc34)nc12. The van der Waals surface area contributed by atoms with E-state index in [0.717, 1.165) is 57.8 Å². The lowest BCUT2D eigenvalue weighted by molar-refractivity contribution is 0.0985. The highest BCUT2D eigenvalue weighted by Gasteiger charge is 2.25. The van der Waals surface area contributed by atoms with Gasteiger partial charge in [0, 0.05) is 24.0 Å². The van der Waals surface area contributed by atoms with Crippen LogP contribution in [0.15, 0.2) is 78.9 Å². The van der Waals surface area contributed by atoms with Crippen molar-refractivity contribution in [2.24, 2.45) is 0 Å². The monoisotopic (exact) mass is 524 g/mol. The molecular formula is C31H32N4O2S. The Bertz CT molecular complexity index is 1550. The Kier molecular flexibility index (Phi) is 7.96. The summed E-state index contributed by atoms with van der Waals surface area (Å²) in [5, 5.41) is 1.51. The lowest BCUT2D eigenvalue weighted by Crippen LogP contribution is -2.39. The average molecular weight is 525 g/mol. The van der Waals surface area contributed by atoms with Gasteiger partial charge in [-0.15, -0.1) is 0 Å². The van der Waals surface area contributed by atoms with E-state index in [4.69, 9.17) is 14.7 Å². The fourth-order valence-corrected chi connectivity index (χ4v) is 5.63. The molecule has 0 N–H and O–H groups in total. The van der Waals surface area contributed by atoms with Crippen LogP contribution in [0, 0.1) is 0 Å². The number of carbonyl (C=O) groups is 1. The molecule has 38 heavy (non-hydrogen) atoms. The Morgan fingerprint density at radius 3 is 2.39 bits per heavy atom. The molecule has 0 spiro atoms. The third-order valence-corrected chi connectivity index (χ3v) is 7.74. The number of rotatable bonds is 10. The summed E-state index contributed by atoms with van der Waals surface area (Å²) in [6.45, 7) is 9.93. The zero-order valence-electron chi connectivity index (χ0n) is 22.1. The van der Waals surface area contributed by atoms with Gasteiger partial charge in [-0.05, 0) is 44.3 Å². The standard InChI is InChI=1S/C31H32N4O2S/c1-4-34(5-2)19-20-35(31-33-29-27(37-6-3)17-12-18-28(29)38-31)30(36)24-21-26(22-13-8-7-9-14-22)32-25-16-11-10-15-23(24)25/h7-18,21H,4-6,19-20H2,1-3H3. The van der Waals surface area contributed by atoms with Gasteiger partial charge in [-0.1, -0.05) is 79.8 Å². The van der Waals surface area contributed by atoms with Gasteiger partial charge in [0.2, 0.25) is 0 Å². The van der Waals surface area contributed by atoms with E-state index in [1.165, 1.54) is 11.3 Å². The molecule has 5 rings (SSSR count). The smallest absolute Gasteiger partial charge is 0.260 e. The molecule has 0 radical (unpaired) electrons. The summed E-state index contributed by atoms with van der Waals surface area (Å²) in [7, 11) is 0. The van der Waals surface area contributed by atoms with Crippen LogP contribution < -0.4 is 9.64 Å². The second-order valence-electron chi connectivity index (χ2n) is 8.95. The molecule has 0 atom stereocenters. The molecule has 7 heteroatoms. The second-order valence-corrected chi connectivity index (χ2v) is 9.96. The maximum Gasteiger partial charge on any atom is 0.260 e. The van der Waals surface area contributed by atoms with Gasteiger partial charge >= 0.3 is 0 Å². The van der Waals surface area contributed by atoms with Crippen LogP contribution in [0.5, 0.6) is 5.75 Å². The van der Waals surface area contributed by atoms with E-state index in [2.05, 4.69) is 18.7 Å². The molecule has 0 aliphatic rings. The van der Waals surface area contributed by atoms with Crippen molar-refractivity contribution in [2.45, 2.75) is 20.8 Å². The third-order valence-electron chi connectivity index (χ3n) is 6.70. The minimum atomic E-state index is -0.0787. The Morgan fingerprint density at radius 1 is 0.868 bits per heavy atom. The van der Waals surface area contributed by atoms with Gasteiger partial charge in [0.15, 0.2) is 5.13 Å². The predicted molar refractivity (Wildman–Crippen MR) is 157 cm³/mol. The third kappa shape index (κ3) is 5.26. The van der Waals surface area contributed by atoms with Gasteiger partial charge in [0.25, 0.3) is 5.91 Å². The summed E-state index contributed by atoms with van der Waals surface area (Å²) in [6.07, 6.45) is 0. The molecule has 0 aliphatic carbocycles. The maximum absolute atomic E-state index is 14.4. The molecule has 5 aromatic rings. The topological polar surface area (TPSA) is 58.6 Å². The van der Waals surface area contributed by atoms with Gasteiger partial charge in [0.05, 0.1) is 28.1 Å². The van der Waals surface area contributed by atoms with Crippen molar-refractivity contribution in [1.29, 1.82) is 0 Å². The summed E-state index contributed by atoms with van der Waals surface area (Å²) in [6, 6.07) is 25.7. The summed E-state index contributed by atoms with van der Waals surface area (Å²) < 4.78 is 6.83. The molecule has 2 aromatic heterocycles. The quantitative estimate of drug-likeness (QED) is 0.199. The number of hydrogen-bond acceptors (Lipinski definition) is 6. The number of anilines is 1. The Labute approximate surface area is 227 Å².